The van der Waals surface area contributed by atoms with Gasteiger partial charge < -0.3 is 14.5 Å². The summed E-state index contributed by atoms with van der Waals surface area (Å²) < 4.78 is 12.4. The molecule has 7 nitrogen and oxygen atoms in total. The van der Waals surface area contributed by atoms with Gasteiger partial charge in [-0.2, -0.15) is 5.26 Å². The number of amides is 1. The van der Waals surface area contributed by atoms with Crippen LogP contribution in [0.4, 0.5) is 5.00 Å². The lowest BCUT2D eigenvalue weighted by Crippen LogP contribution is -2.19. The van der Waals surface area contributed by atoms with Crippen LogP contribution in [-0.2, 0) is 30.8 Å². The molecule has 0 bridgehead atoms. The van der Waals surface area contributed by atoms with E-state index in [0.29, 0.717) is 16.3 Å². The Labute approximate surface area is 182 Å². The number of hydrogen-bond donors (Lipinski definition) is 1. The molecule has 1 N–H and O–H groups in total. The SMILES string of the molecule is Cc1ccc(OCc2nn(CC(=O)Nc3sc4c(c3C#N)CCCC4)c(=S)o2)cc1. The lowest BCUT2D eigenvalue weighted by atomic mass is 9.96. The van der Waals surface area contributed by atoms with Gasteiger partial charge in [-0.15, -0.1) is 16.4 Å². The van der Waals surface area contributed by atoms with Gasteiger partial charge in [0.15, 0.2) is 6.61 Å². The van der Waals surface area contributed by atoms with E-state index in [0.717, 1.165) is 36.8 Å². The topological polar surface area (TPSA) is 93.1 Å². The molecule has 0 unspecified atom stereocenters. The Balaban J connectivity index is 1.40. The molecule has 4 rings (SSSR count). The summed E-state index contributed by atoms with van der Waals surface area (Å²) in [7, 11) is 0. The number of carbonyl (C=O) groups excluding carboxylic acids is 1. The van der Waals surface area contributed by atoms with E-state index in [-0.39, 0.29) is 29.8 Å². The summed E-state index contributed by atoms with van der Waals surface area (Å²) in [6, 6.07) is 9.87. The van der Waals surface area contributed by atoms with Crippen LogP contribution in [0.5, 0.6) is 5.75 Å². The fourth-order valence-corrected chi connectivity index (χ4v) is 4.82. The molecule has 1 aliphatic carbocycles. The Morgan fingerprint density at radius 1 is 1.37 bits per heavy atom. The predicted molar refractivity (Wildman–Crippen MR) is 115 cm³/mol. The molecular formula is C21H20N4O3S2. The molecule has 0 saturated heterocycles. The smallest absolute Gasteiger partial charge is 0.287 e. The Morgan fingerprint density at radius 3 is 2.90 bits per heavy atom. The maximum atomic E-state index is 12.5. The second-order valence-electron chi connectivity index (χ2n) is 7.10. The van der Waals surface area contributed by atoms with Crippen molar-refractivity contribution in [2.45, 2.75) is 45.8 Å². The first-order valence-electron chi connectivity index (χ1n) is 9.64. The number of aromatic nitrogens is 2. The highest BCUT2D eigenvalue weighted by molar-refractivity contribution is 7.71. The zero-order valence-corrected chi connectivity index (χ0v) is 18.1. The monoisotopic (exact) mass is 440 g/mol. The van der Waals surface area contributed by atoms with Crippen LogP contribution in [0.15, 0.2) is 28.7 Å². The first kappa shape index (κ1) is 20.3. The quantitative estimate of drug-likeness (QED) is 0.566. The molecule has 0 spiro atoms. The van der Waals surface area contributed by atoms with Crippen LogP contribution in [0.25, 0.3) is 0 Å². The van der Waals surface area contributed by atoms with Gasteiger partial charge in [0.2, 0.25) is 5.91 Å². The van der Waals surface area contributed by atoms with Gasteiger partial charge in [0.05, 0.1) is 5.56 Å². The Bertz CT molecular complexity index is 1170. The highest BCUT2D eigenvalue weighted by atomic mass is 32.1. The van der Waals surface area contributed by atoms with Crippen LogP contribution >= 0.6 is 23.6 Å². The highest BCUT2D eigenvalue weighted by Crippen LogP contribution is 2.37. The van der Waals surface area contributed by atoms with E-state index in [4.69, 9.17) is 21.4 Å². The maximum Gasteiger partial charge on any atom is 0.287 e. The zero-order chi connectivity index (χ0) is 21.1. The van der Waals surface area contributed by atoms with Crippen molar-refractivity contribution in [2.75, 3.05) is 5.32 Å². The average molecular weight is 441 g/mol. The molecule has 30 heavy (non-hydrogen) atoms. The first-order valence-corrected chi connectivity index (χ1v) is 10.9. The molecule has 0 atom stereocenters. The highest BCUT2D eigenvalue weighted by Gasteiger charge is 2.22. The second-order valence-corrected chi connectivity index (χ2v) is 8.55. The summed E-state index contributed by atoms with van der Waals surface area (Å²) in [4.78, 5) is 13.8. The van der Waals surface area contributed by atoms with Crippen LogP contribution in [0.2, 0.25) is 0 Å². The van der Waals surface area contributed by atoms with Crippen LogP contribution in [-0.4, -0.2) is 15.7 Å². The third kappa shape index (κ3) is 4.45. The molecule has 1 aliphatic rings. The first-order chi connectivity index (χ1) is 14.5. The minimum Gasteiger partial charge on any atom is -0.484 e. The molecule has 3 aromatic rings. The van der Waals surface area contributed by atoms with Crippen molar-refractivity contribution in [3.63, 3.8) is 0 Å². The molecule has 2 aromatic heterocycles. The molecule has 0 fully saturated rings. The third-order valence-electron chi connectivity index (χ3n) is 4.86. The Morgan fingerprint density at radius 2 is 2.13 bits per heavy atom. The van der Waals surface area contributed by atoms with E-state index in [2.05, 4.69) is 16.5 Å². The molecule has 154 valence electrons. The van der Waals surface area contributed by atoms with Gasteiger partial charge in [0.25, 0.3) is 10.7 Å². The number of aryl methyl sites for hydroxylation is 2. The summed E-state index contributed by atoms with van der Waals surface area (Å²) in [6.45, 7) is 2.01. The zero-order valence-electron chi connectivity index (χ0n) is 16.4. The van der Waals surface area contributed by atoms with E-state index in [1.807, 2.05) is 31.2 Å². The number of carbonyl (C=O) groups is 1. The minimum absolute atomic E-state index is 0.0960. The molecule has 1 amide bonds. The van der Waals surface area contributed by atoms with Gasteiger partial charge in [0.1, 0.15) is 23.4 Å². The largest absolute Gasteiger partial charge is 0.484 e. The summed E-state index contributed by atoms with van der Waals surface area (Å²) in [6.07, 6.45) is 4.05. The summed E-state index contributed by atoms with van der Waals surface area (Å²) >= 11 is 6.66. The van der Waals surface area contributed by atoms with Crippen molar-refractivity contribution in [3.05, 3.63) is 56.6 Å². The van der Waals surface area contributed by atoms with E-state index in [9.17, 15) is 10.1 Å². The normalized spacial score (nSPS) is 12.8. The minimum atomic E-state index is -0.305. The number of benzene rings is 1. The second kappa shape index (κ2) is 8.81. The van der Waals surface area contributed by atoms with E-state index >= 15 is 0 Å². The maximum absolute atomic E-state index is 12.5. The van der Waals surface area contributed by atoms with Gasteiger partial charge in [0, 0.05) is 4.88 Å². The number of rotatable bonds is 6. The standard InChI is InChI=1S/C21H20N4O3S2/c1-13-6-8-14(9-7-13)27-12-19-24-25(21(29)28-19)11-18(26)23-20-16(10-22)15-4-2-3-5-17(15)30-20/h6-9H,2-5,11-12H2,1H3,(H,23,26). The van der Waals surface area contributed by atoms with Crippen molar-refractivity contribution < 1.29 is 13.9 Å². The van der Waals surface area contributed by atoms with E-state index < -0.39 is 0 Å². The summed E-state index contributed by atoms with van der Waals surface area (Å²) in [5.41, 5.74) is 2.80. The number of nitrogens with one attached hydrogen (secondary N) is 1. The summed E-state index contributed by atoms with van der Waals surface area (Å²) in [5, 5.41) is 17.2. The van der Waals surface area contributed by atoms with Crippen molar-refractivity contribution >= 4 is 34.5 Å². The number of thiophene rings is 1. The number of anilines is 1. The lowest BCUT2D eigenvalue weighted by Gasteiger charge is -2.09. The molecule has 0 aliphatic heterocycles. The van der Waals surface area contributed by atoms with Crippen LogP contribution in [0.1, 0.15) is 40.3 Å². The lowest BCUT2D eigenvalue weighted by molar-refractivity contribution is -0.116. The Kier molecular flexibility index (Phi) is 5.97. The van der Waals surface area contributed by atoms with Gasteiger partial charge in [-0.1, -0.05) is 17.7 Å². The van der Waals surface area contributed by atoms with Crippen molar-refractivity contribution in [2.24, 2.45) is 0 Å². The van der Waals surface area contributed by atoms with Crippen molar-refractivity contribution in [1.82, 2.24) is 9.78 Å². The molecule has 0 saturated carbocycles. The van der Waals surface area contributed by atoms with Crippen LogP contribution in [0, 0.1) is 23.1 Å². The van der Waals surface area contributed by atoms with Gasteiger partial charge >= 0.3 is 0 Å². The molecule has 9 heteroatoms. The van der Waals surface area contributed by atoms with Gasteiger partial charge in [-0.3, -0.25) is 4.79 Å². The van der Waals surface area contributed by atoms with Crippen molar-refractivity contribution in [3.8, 4) is 11.8 Å². The third-order valence-corrected chi connectivity index (χ3v) is 6.36. The van der Waals surface area contributed by atoms with E-state index in [1.54, 1.807) is 0 Å². The number of hydrogen-bond acceptors (Lipinski definition) is 7. The number of nitriles is 1. The summed E-state index contributed by atoms with van der Waals surface area (Å²) in [5.74, 6) is 0.679. The van der Waals surface area contributed by atoms with E-state index in [1.165, 1.54) is 20.9 Å². The average Bonchev–Trinajstić information content (AvgIpc) is 3.26. The fraction of sp³-hybridized carbons (Fsp3) is 0.333. The Hall–Kier alpha value is -2.96. The van der Waals surface area contributed by atoms with Gasteiger partial charge in [-0.05, 0) is 62.5 Å². The van der Waals surface area contributed by atoms with Crippen LogP contribution < -0.4 is 10.1 Å². The molecular weight excluding hydrogens is 420 g/mol. The predicted octanol–water partition coefficient (Wildman–Crippen LogP) is 4.54. The number of nitrogens with zero attached hydrogens (tertiary/aromatic N) is 3. The fourth-order valence-electron chi connectivity index (χ4n) is 3.36. The molecule has 0 radical (unpaired) electrons. The molecule has 1 aromatic carbocycles. The number of ether oxygens (including phenoxy) is 1. The van der Waals surface area contributed by atoms with Crippen molar-refractivity contribution in [1.29, 1.82) is 5.26 Å². The number of fused-ring (bicyclic) bond motifs is 1. The van der Waals surface area contributed by atoms with Crippen LogP contribution in [0.3, 0.4) is 0 Å². The molecule has 2 heterocycles. The van der Waals surface area contributed by atoms with Gasteiger partial charge in [-0.25, -0.2) is 4.68 Å².